The summed E-state index contributed by atoms with van der Waals surface area (Å²) in [5, 5.41) is 0. The third-order valence-electron chi connectivity index (χ3n) is 2.85. The first kappa shape index (κ1) is 12.3. The van der Waals surface area contributed by atoms with Crippen LogP contribution in [0.2, 0.25) is 0 Å². The second kappa shape index (κ2) is 6.67. The molecule has 1 heterocycles. The Morgan fingerprint density at radius 1 is 1.14 bits per heavy atom. The lowest BCUT2D eigenvalue weighted by Crippen LogP contribution is -2.41. The Bertz CT molecular complexity index is 143. The van der Waals surface area contributed by atoms with Gasteiger partial charge in [0.1, 0.15) is 0 Å². The maximum absolute atomic E-state index is 5.22. The Morgan fingerprint density at radius 3 is 2.00 bits per heavy atom. The summed E-state index contributed by atoms with van der Waals surface area (Å²) >= 11 is 4.29. The molecule has 84 valence electrons. The summed E-state index contributed by atoms with van der Waals surface area (Å²) in [7, 11) is 3.53. The molecule has 0 spiro atoms. The van der Waals surface area contributed by atoms with Crippen LogP contribution in [0.15, 0.2) is 0 Å². The SMILES string of the molecule is COC[C@H]1CC[C@H](COC)N1CCS. The molecule has 3 nitrogen and oxygen atoms in total. The molecule has 0 aromatic heterocycles. The number of likely N-dealkylation sites (tertiary alicyclic amines) is 1. The van der Waals surface area contributed by atoms with Crippen LogP contribution in [0.3, 0.4) is 0 Å². The molecule has 14 heavy (non-hydrogen) atoms. The minimum atomic E-state index is 0.562. The van der Waals surface area contributed by atoms with Crippen LogP contribution in [0, 0.1) is 0 Å². The van der Waals surface area contributed by atoms with Crippen molar-refractivity contribution < 1.29 is 9.47 Å². The van der Waals surface area contributed by atoms with Crippen molar-refractivity contribution in [1.29, 1.82) is 0 Å². The number of hydrogen-bond acceptors (Lipinski definition) is 4. The van der Waals surface area contributed by atoms with Gasteiger partial charge in [-0.1, -0.05) is 0 Å². The summed E-state index contributed by atoms with van der Waals surface area (Å²) in [6.45, 7) is 2.69. The van der Waals surface area contributed by atoms with E-state index in [0.717, 1.165) is 25.5 Å². The monoisotopic (exact) mass is 219 g/mol. The van der Waals surface area contributed by atoms with Crippen molar-refractivity contribution in [2.45, 2.75) is 24.9 Å². The van der Waals surface area contributed by atoms with Crippen LogP contribution in [0.25, 0.3) is 0 Å². The Labute approximate surface area is 92.2 Å². The van der Waals surface area contributed by atoms with E-state index in [-0.39, 0.29) is 0 Å². The van der Waals surface area contributed by atoms with Gasteiger partial charge in [0.25, 0.3) is 0 Å². The van der Waals surface area contributed by atoms with E-state index in [9.17, 15) is 0 Å². The first-order chi connectivity index (χ1) is 6.83. The molecule has 0 saturated carbocycles. The van der Waals surface area contributed by atoms with E-state index in [1.165, 1.54) is 12.8 Å². The van der Waals surface area contributed by atoms with E-state index in [2.05, 4.69) is 17.5 Å². The van der Waals surface area contributed by atoms with E-state index >= 15 is 0 Å². The maximum Gasteiger partial charge on any atom is 0.0618 e. The molecule has 0 aliphatic carbocycles. The molecule has 1 saturated heterocycles. The summed E-state index contributed by atoms with van der Waals surface area (Å²) in [6, 6.07) is 1.12. The highest BCUT2D eigenvalue weighted by molar-refractivity contribution is 7.80. The fraction of sp³-hybridized carbons (Fsp3) is 1.00. The summed E-state index contributed by atoms with van der Waals surface area (Å²) in [6.07, 6.45) is 2.44. The smallest absolute Gasteiger partial charge is 0.0618 e. The summed E-state index contributed by atoms with van der Waals surface area (Å²) < 4.78 is 10.4. The van der Waals surface area contributed by atoms with E-state index in [0.29, 0.717) is 12.1 Å². The first-order valence-corrected chi connectivity index (χ1v) is 5.81. The van der Waals surface area contributed by atoms with Gasteiger partial charge in [0.2, 0.25) is 0 Å². The quantitative estimate of drug-likeness (QED) is 0.675. The molecule has 1 fully saturated rings. The van der Waals surface area contributed by atoms with Crippen molar-refractivity contribution in [3.8, 4) is 0 Å². The zero-order valence-corrected chi connectivity index (χ0v) is 10.0. The highest BCUT2D eigenvalue weighted by atomic mass is 32.1. The van der Waals surface area contributed by atoms with Crippen molar-refractivity contribution in [3.63, 3.8) is 0 Å². The zero-order chi connectivity index (χ0) is 10.4. The number of methoxy groups -OCH3 is 2. The molecule has 2 atom stereocenters. The molecular weight excluding hydrogens is 198 g/mol. The van der Waals surface area contributed by atoms with E-state index in [4.69, 9.17) is 9.47 Å². The van der Waals surface area contributed by atoms with Gasteiger partial charge in [-0.25, -0.2) is 0 Å². The predicted molar refractivity (Wildman–Crippen MR) is 61.1 cm³/mol. The van der Waals surface area contributed by atoms with Crippen LogP contribution in [0.5, 0.6) is 0 Å². The average Bonchev–Trinajstić information content (AvgIpc) is 2.52. The van der Waals surface area contributed by atoms with Gasteiger partial charge in [-0.2, -0.15) is 12.6 Å². The average molecular weight is 219 g/mol. The zero-order valence-electron chi connectivity index (χ0n) is 9.11. The van der Waals surface area contributed by atoms with Gasteiger partial charge in [-0.05, 0) is 12.8 Å². The van der Waals surface area contributed by atoms with Gasteiger partial charge >= 0.3 is 0 Å². The van der Waals surface area contributed by atoms with Gasteiger partial charge in [0, 0.05) is 38.6 Å². The Hall–Kier alpha value is 0.230. The molecule has 0 aromatic rings. The highest BCUT2D eigenvalue weighted by Crippen LogP contribution is 2.24. The van der Waals surface area contributed by atoms with Gasteiger partial charge in [-0.3, -0.25) is 4.90 Å². The van der Waals surface area contributed by atoms with Crippen molar-refractivity contribution >= 4 is 12.6 Å². The Morgan fingerprint density at radius 2 is 1.64 bits per heavy atom. The molecule has 0 amide bonds. The summed E-state index contributed by atoms with van der Waals surface area (Å²) in [4.78, 5) is 2.47. The lowest BCUT2D eigenvalue weighted by Gasteiger charge is -2.28. The molecule has 1 rings (SSSR count). The summed E-state index contributed by atoms with van der Waals surface area (Å²) in [5.74, 6) is 0.903. The number of thiol groups is 1. The van der Waals surface area contributed by atoms with Gasteiger partial charge in [0.05, 0.1) is 13.2 Å². The lowest BCUT2D eigenvalue weighted by molar-refractivity contribution is 0.0673. The molecule has 0 radical (unpaired) electrons. The topological polar surface area (TPSA) is 21.7 Å². The van der Waals surface area contributed by atoms with E-state index < -0.39 is 0 Å². The van der Waals surface area contributed by atoms with Crippen LogP contribution in [0.4, 0.5) is 0 Å². The second-order valence-electron chi connectivity index (χ2n) is 3.76. The van der Waals surface area contributed by atoms with Crippen molar-refractivity contribution in [2.24, 2.45) is 0 Å². The molecular formula is C10H21NO2S. The molecule has 1 aliphatic rings. The fourth-order valence-corrected chi connectivity index (χ4v) is 2.47. The van der Waals surface area contributed by atoms with Gasteiger partial charge in [0.15, 0.2) is 0 Å². The molecule has 0 aromatic carbocycles. The number of rotatable bonds is 6. The van der Waals surface area contributed by atoms with Crippen molar-refractivity contribution in [2.75, 3.05) is 39.7 Å². The second-order valence-corrected chi connectivity index (χ2v) is 4.20. The lowest BCUT2D eigenvalue weighted by atomic mass is 10.2. The third kappa shape index (κ3) is 3.12. The van der Waals surface area contributed by atoms with E-state index in [1.807, 2.05) is 0 Å². The minimum absolute atomic E-state index is 0.562. The Balaban J connectivity index is 2.45. The first-order valence-electron chi connectivity index (χ1n) is 5.18. The fourth-order valence-electron chi connectivity index (χ4n) is 2.24. The maximum atomic E-state index is 5.22. The van der Waals surface area contributed by atoms with Gasteiger partial charge in [-0.15, -0.1) is 0 Å². The normalized spacial score (nSPS) is 28.5. The van der Waals surface area contributed by atoms with Crippen molar-refractivity contribution in [3.05, 3.63) is 0 Å². The molecule has 4 heteroatoms. The molecule has 1 aliphatic heterocycles. The highest BCUT2D eigenvalue weighted by Gasteiger charge is 2.32. The largest absolute Gasteiger partial charge is 0.383 e. The van der Waals surface area contributed by atoms with Crippen LogP contribution < -0.4 is 0 Å². The predicted octanol–water partition coefficient (Wildman–Crippen LogP) is 1.04. The molecule has 0 unspecified atom stereocenters. The third-order valence-corrected chi connectivity index (χ3v) is 3.05. The van der Waals surface area contributed by atoms with Gasteiger partial charge < -0.3 is 9.47 Å². The Kier molecular flexibility index (Phi) is 5.86. The van der Waals surface area contributed by atoms with Crippen LogP contribution in [-0.2, 0) is 9.47 Å². The van der Waals surface area contributed by atoms with Crippen LogP contribution >= 0.6 is 12.6 Å². The number of nitrogens with zero attached hydrogens (tertiary/aromatic N) is 1. The van der Waals surface area contributed by atoms with Crippen LogP contribution in [-0.4, -0.2) is 56.7 Å². The molecule has 0 N–H and O–H groups in total. The van der Waals surface area contributed by atoms with E-state index in [1.54, 1.807) is 14.2 Å². The van der Waals surface area contributed by atoms with Crippen LogP contribution in [0.1, 0.15) is 12.8 Å². The number of hydrogen-bond donors (Lipinski definition) is 1. The summed E-state index contributed by atoms with van der Waals surface area (Å²) in [5.41, 5.74) is 0. The minimum Gasteiger partial charge on any atom is -0.383 e. The number of ether oxygens (including phenoxy) is 2. The van der Waals surface area contributed by atoms with Crippen molar-refractivity contribution in [1.82, 2.24) is 4.90 Å². The standard InChI is InChI=1S/C10H21NO2S/c1-12-7-9-3-4-10(8-13-2)11(9)5-6-14/h9-10,14H,3-8H2,1-2H3/t9-,10-/m1/s1. The molecule has 0 bridgehead atoms.